The van der Waals surface area contributed by atoms with Crippen LogP contribution in [0, 0.1) is 10.5 Å². The molecule has 0 bridgehead atoms. The van der Waals surface area contributed by atoms with E-state index in [9.17, 15) is 13.2 Å². The third kappa shape index (κ3) is 3.11. The van der Waals surface area contributed by atoms with Crippen molar-refractivity contribution in [1.29, 1.82) is 0 Å². The lowest BCUT2D eigenvalue weighted by Gasteiger charge is -2.13. The summed E-state index contributed by atoms with van der Waals surface area (Å²) >= 11 is 1.72. The van der Waals surface area contributed by atoms with Crippen molar-refractivity contribution in [2.24, 2.45) is 0 Å². The van der Waals surface area contributed by atoms with Gasteiger partial charge in [-0.1, -0.05) is 0 Å². The molecule has 0 saturated heterocycles. The van der Waals surface area contributed by atoms with Crippen molar-refractivity contribution in [2.75, 3.05) is 7.11 Å². The predicted molar refractivity (Wildman–Crippen MR) is 54.9 cm³/mol. The summed E-state index contributed by atoms with van der Waals surface area (Å²) in [5.74, 6) is -0.0668. The quantitative estimate of drug-likeness (QED) is 0.780. The van der Waals surface area contributed by atoms with Gasteiger partial charge in [0.15, 0.2) is 11.5 Å². The Hall–Kier alpha value is -0.730. The first kappa shape index (κ1) is 12.3. The van der Waals surface area contributed by atoms with Gasteiger partial charge in [-0.3, -0.25) is 4.98 Å². The molecule has 1 heterocycles. The van der Waals surface area contributed by atoms with Crippen molar-refractivity contribution in [3.63, 3.8) is 0 Å². The monoisotopic (exact) mass is 333 g/mol. The second kappa shape index (κ2) is 4.42. The molecule has 0 N–H and O–H groups in total. The molecule has 1 aromatic rings. The molecule has 0 unspecified atom stereocenters. The summed E-state index contributed by atoms with van der Waals surface area (Å²) in [5.41, 5.74) is 0.511. The van der Waals surface area contributed by atoms with Crippen molar-refractivity contribution in [3.05, 3.63) is 15.5 Å². The number of aryl methyl sites for hydroxylation is 1. The minimum atomic E-state index is -4.72. The number of methoxy groups -OCH3 is 1. The van der Waals surface area contributed by atoms with Crippen molar-refractivity contribution in [1.82, 2.24) is 4.98 Å². The zero-order valence-corrected chi connectivity index (χ0v) is 10.0. The van der Waals surface area contributed by atoms with E-state index < -0.39 is 6.36 Å². The van der Waals surface area contributed by atoms with Crippen LogP contribution in [0.15, 0.2) is 6.20 Å². The van der Waals surface area contributed by atoms with Crippen LogP contribution in [0.25, 0.3) is 0 Å². The zero-order valence-electron chi connectivity index (χ0n) is 7.85. The molecule has 0 aliphatic carbocycles. The minimum absolute atomic E-state index is 0.250. The fourth-order valence-electron chi connectivity index (χ4n) is 0.975. The second-order valence-corrected chi connectivity index (χ2v) is 3.68. The highest BCUT2D eigenvalue weighted by Gasteiger charge is 2.32. The number of alkyl halides is 3. The second-order valence-electron chi connectivity index (χ2n) is 2.60. The van der Waals surface area contributed by atoms with E-state index in [1.165, 1.54) is 7.11 Å². The van der Waals surface area contributed by atoms with Crippen molar-refractivity contribution in [3.8, 4) is 11.5 Å². The molecule has 7 heteroatoms. The van der Waals surface area contributed by atoms with Crippen LogP contribution in [0.2, 0.25) is 0 Å². The molecule has 0 aliphatic heterocycles. The molecule has 1 aromatic heterocycles. The smallest absolute Gasteiger partial charge is 0.494 e. The van der Waals surface area contributed by atoms with E-state index in [2.05, 4.69) is 9.72 Å². The molecule has 0 aliphatic rings. The maximum atomic E-state index is 12.0. The number of aromatic nitrogens is 1. The Morgan fingerprint density at radius 2 is 2.00 bits per heavy atom. The summed E-state index contributed by atoms with van der Waals surface area (Å²) in [4.78, 5) is 3.74. The molecule has 15 heavy (non-hydrogen) atoms. The maximum absolute atomic E-state index is 12.0. The Morgan fingerprint density at radius 3 is 2.47 bits per heavy atom. The van der Waals surface area contributed by atoms with E-state index in [0.717, 1.165) is 6.20 Å². The average molecular weight is 333 g/mol. The average Bonchev–Trinajstić information content (AvgIpc) is 2.09. The van der Waals surface area contributed by atoms with Crippen molar-refractivity contribution >= 4 is 22.6 Å². The van der Waals surface area contributed by atoms with E-state index in [1.807, 2.05) is 0 Å². The predicted octanol–water partition coefficient (Wildman–Crippen LogP) is 2.90. The van der Waals surface area contributed by atoms with E-state index >= 15 is 0 Å². The number of nitrogens with zero attached hydrogens (tertiary/aromatic N) is 1. The zero-order chi connectivity index (χ0) is 11.6. The highest BCUT2D eigenvalue weighted by atomic mass is 127. The molecule has 0 spiro atoms. The van der Waals surface area contributed by atoms with Gasteiger partial charge in [0.2, 0.25) is 0 Å². The van der Waals surface area contributed by atoms with Gasteiger partial charge in [-0.2, -0.15) is 0 Å². The highest BCUT2D eigenvalue weighted by Crippen LogP contribution is 2.34. The first-order valence-electron chi connectivity index (χ1n) is 3.80. The number of hydrogen-bond donors (Lipinski definition) is 0. The molecular weight excluding hydrogens is 326 g/mol. The van der Waals surface area contributed by atoms with Gasteiger partial charge < -0.3 is 9.47 Å². The summed E-state index contributed by atoms with van der Waals surface area (Å²) in [6.45, 7) is 1.64. The summed E-state index contributed by atoms with van der Waals surface area (Å²) in [6.07, 6.45) is -3.70. The molecule has 1 rings (SSSR count). The number of halogens is 4. The van der Waals surface area contributed by atoms with E-state index in [1.54, 1.807) is 29.5 Å². The Labute approximate surface area is 97.7 Å². The number of rotatable bonds is 2. The van der Waals surface area contributed by atoms with Crippen LogP contribution in [0.5, 0.6) is 11.5 Å². The van der Waals surface area contributed by atoms with Gasteiger partial charge in [-0.25, -0.2) is 0 Å². The first-order chi connectivity index (χ1) is 6.85. The van der Waals surface area contributed by atoms with Gasteiger partial charge in [0, 0.05) is 0 Å². The van der Waals surface area contributed by atoms with Gasteiger partial charge in [0.05, 0.1) is 19.0 Å². The molecule has 0 amide bonds. The van der Waals surface area contributed by atoms with Crippen LogP contribution in [0.4, 0.5) is 13.2 Å². The standard InChI is InChI=1S/C8H7F3INO2/c1-4-7(14-2)6(12)5(3-13-4)15-8(9,10)11/h3H,1-2H3. The lowest BCUT2D eigenvalue weighted by atomic mass is 10.3. The normalized spacial score (nSPS) is 11.3. The van der Waals surface area contributed by atoms with E-state index in [4.69, 9.17) is 4.74 Å². The number of pyridine rings is 1. The molecule has 0 radical (unpaired) electrons. The Balaban J connectivity index is 3.11. The van der Waals surface area contributed by atoms with Crippen LogP contribution >= 0.6 is 22.6 Å². The highest BCUT2D eigenvalue weighted by molar-refractivity contribution is 14.1. The molecule has 0 atom stereocenters. The summed E-state index contributed by atoms with van der Waals surface area (Å²) < 4.78 is 44.8. The first-order valence-corrected chi connectivity index (χ1v) is 4.88. The van der Waals surface area contributed by atoms with E-state index in [-0.39, 0.29) is 15.1 Å². The van der Waals surface area contributed by atoms with Crippen molar-refractivity contribution in [2.45, 2.75) is 13.3 Å². The van der Waals surface area contributed by atoms with Crippen LogP contribution in [-0.4, -0.2) is 18.5 Å². The van der Waals surface area contributed by atoms with Gasteiger partial charge in [0.25, 0.3) is 0 Å². The van der Waals surface area contributed by atoms with Crippen LogP contribution < -0.4 is 9.47 Å². The summed E-state index contributed by atoms with van der Waals surface area (Å²) in [5, 5.41) is 0. The largest absolute Gasteiger partial charge is 0.573 e. The molecule has 84 valence electrons. The topological polar surface area (TPSA) is 31.4 Å². The maximum Gasteiger partial charge on any atom is 0.573 e. The SMILES string of the molecule is COc1c(C)ncc(OC(F)(F)F)c1I. The third-order valence-corrected chi connectivity index (χ3v) is 2.57. The molecule has 3 nitrogen and oxygen atoms in total. The molecule has 0 fully saturated rings. The fraction of sp³-hybridized carbons (Fsp3) is 0.375. The summed E-state index contributed by atoms with van der Waals surface area (Å²) in [6, 6.07) is 0. The van der Waals surface area contributed by atoms with Crippen molar-refractivity contribution < 1.29 is 22.6 Å². The fourth-order valence-corrected chi connectivity index (χ4v) is 1.83. The van der Waals surface area contributed by atoms with Gasteiger partial charge in [0.1, 0.15) is 3.57 Å². The van der Waals surface area contributed by atoms with Crippen LogP contribution in [0.3, 0.4) is 0 Å². The molecular formula is C8H7F3INO2. The lowest BCUT2D eigenvalue weighted by molar-refractivity contribution is -0.275. The third-order valence-electron chi connectivity index (χ3n) is 1.55. The van der Waals surface area contributed by atoms with Gasteiger partial charge in [-0.05, 0) is 29.5 Å². The van der Waals surface area contributed by atoms with Crippen LogP contribution in [0.1, 0.15) is 5.69 Å². The van der Waals surface area contributed by atoms with Crippen LogP contribution in [-0.2, 0) is 0 Å². The Bertz CT molecular complexity index is 368. The Morgan fingerprint density at radius 1 is 1.40 bits per heavy atom. The lowest BCUT2D eigenvalue weighted by Crippen LogP contribution is -2.18. The van der Waals surface area contributed by atoms with E-state index in [0.29, 0.717) is 5.69 Å². The number of ether oxygens (including phenoxy) is 2. The molecule has 0 saturated carbocycles. The van der Waals surface area contributed by atoms with Gasteiger partial charge >= 0.3 is 6.36 Å². The minimum Gasteiger partial charge on any atom is -0.494 e. The Kier molecular flexibility index (Phi) is 3.63. The molecule has 0 aromatic carbocycles. The number of hydrogen-bond acceptors (Lipinski definition) is 3. The van der Waals surface area contributed by atoms with Gasteiger partial charge in [-0.15, -0.1) is 13.2 Å². The summed E-state index contributed by atoms with van der Waals surface area (Å²) in [7, 11) is 1.36.